The molecule has 5 nitrogen and oxygen atoms in total. The van der Waals surface area contributed by atoms with E-state index in [1.807, 2.05) is 27.3 Å². The SMILES string of the molecule is O=C(Cc1cccs1)N1CC[C@@]2(O)CCN(C(=O)C3CCCC3)C[C@H]2C1. The molecule has 1 aliphatic carbocycles. The molecular weight excluding hydrogens is 348 g/mol. The smallest absolute Gasteiger partial charge is 0.227 e. The number of piperidine rings is 2. The van der Waals surface area contributed by atoms with E-state index in [4.69, 9.17) is 0 Å². The number of thiophene rings is 1. The van der Waals surface area contributed by atoms with Gasteiger partial charge in [-0.3, -0.25) is 9.59 Å². The summed E-state index contributed by atoms with van der Waals surface area (Å²) in [5.74, 6) is 0.560. The number of nitrogens with zero attached hydrogens (tertiary/aromatic N) is 2. The molecule has 26 heavy (non-hydrogen) atoms. The number of likely N-dealkylation sites (tertiary alicyclic amines) is 2. The van der Waals surface area contributed by atoms with Gasteiger partial charge in [0.2, 0.25) is 11.8 Å². The largest absolute Gasteiger partial charge is 0.389 e. The Morgan fingerprint density at radius 3 is 2.54 bits per heavy atom. The first-order valence-electron chi connectivity index (χ1n) is 9.86. The number of amides is 2. The molecule has 6 heteroatoms. The number of rotatable bonds is 3. The first-order chi connectivity index (χ1) is 12.5. The topological polar surface area (TPSA) is 60.9 Å². The van der Waals surface area contributed by atoms with Gasteiger partial charge >= 0.3 is 0 Å². The van der Waals surface area contributed by atoms with Crippen LogP contribution in [0.4, 0.5) is 0 Å². The number of hydrogen-bond acceptors (Lipinski definition) is 4. The highest BCUT2D eigenvalue weighted by Gasteiger charge is 2.47. The van der Waals surface area contributed by atoms with Crippen molar-refractivity contribution in [2.75, 3.05) is 26.2 Å². The highest BCUT2D eigenvalue weighted by molar-refractivity contribution is 7.10. The molecule has 0 radical (unpaired) electrons. The summed E-state index contributed by atoms with van der Waals surface area (Å²) in [5.41, 5.74) is -0.716. The molecular formula is C20H28N2O3S. The maximum Gasteiger partial charge on any atom is 0.227 e. The zero-order valence-electron chi connectivity index (χ0n) is 15.2. The van der Waals surface area contributed by atoms with Crippen LogP contribution < -0.4 is 0 Å². The number of carbonyl (C=O) groups excluding carboxylic acids is 2. The molecule has 142 valence electrons. The maximum atomic E-state index is 12.8. The van der Waals surface area contributed by atoms with E-state index in [9.17, 15) is 14.7 Å². The number of carbonyl (C=O) groups is 2. The minimum atomic E-state index is -0.716. The van der Waals surface area contributed by atoms with Gasteiger partial charge in [-0.1, -0.05) is 18.9 Å². The summed E-state index contributed by atoms with van der Waals surface area (Å²) in [6, 6.07) is 3.96. The minimum absolute atomic E-state index is 0.0253. The predicted octanol–water partition coefficient (Wildman–Crippen LogP) is 2.29. The van der Waals surface area contributed by atoms with Gasteiger partial charge in [0.05, 0.1) is 12.0 Å². The Kier molecular flexibility index (Phi) is 5.06. The van der Waals surface area contributed by atoms with Crippen LogP contribution in [-0.2, 0) is 16.0 Å². The van der Waals surface area contributed by atoms with Crippen molar-refractivity contribution in [1.29, 1.82) is 0 Å². The zero-order chi connectivity index (χ0) is 18.1. The van der Waals surface area contributed by atoms with E-state index < -0.39 is 5.60 Å². The lowest BCUT2D eigenvalue weighted by atomic mass is 9.75. The molecule has 2 atom stereocenters. The van der Waals surface area contributed by atoms with Crippen LogP contribution >= 0.6 is 11.3 Å². The fourth-order valence-corrected chi connectivity index (χ4v) is 5.53. The Bertz CT molecular complexity index is 656. The average molecular weight is 377 g/mol. The molecule has 1 saturated carbocycles. The molecule has 3 fully saturated rings. The van der Waals surface area contributed by atoms with Crippen LogP contribution in [0.1, 0.15) is 43.4 Å². The van der Waals surface area contributed by atoms with E-state index >= 15 is 0 Å². The van der Waals surface area contributed by atoms with Crippen LogP contribution in [0.2, 0.25) is 0 Å². The van der Waals surface area contributed by atoms with Gasteiger partial charge in [0.15, 0.2) is 0 Å². The van der Waals surface area contributed by atoms with E-state index in [1.54, 1.807) is 11.3 Å². The molecule has 2 saturated heterocycles. The lowest BCUT2D eigenvalue weighted by molar-refractivity contribution is -0.155. The normalized spacial score (nSPS) is 29.7. The molecule has 4 rings (SSSR count). The van der Waals surface area contributed by atoms with Crippen LogP contribution in [0.25, 0.3) is 0 Å². The van der Waals surface area contributed by atoms with Crippen molar-refractivity contribution in [2.24, 2.45) is 11.8 Å². The van der Waals surface area contributed by atoms with Crippen LogP contribution in [-0.4, -0.2) is 58.5 Å². The molecule has 2 amide bonds. The maximum absolute atomic E-state index is 12.8. The summed E-state index contributed by atoms with van der Waals surface area (Å²) in [7, 11) is 0. The first kappa shape index (κ1) is 18.0. The Labute approximate surface area is 159 Å². The predicted molar refractivity (Wildman–Crippen MR) is 101 cm³/mol. The number of hydrogen-bond donors (Lipinski definition) is 1. The lowest BCUT2D eigenvalue weighted by Crippen LogP contribution is -2.61. The van der Waals surface area contributed by atoms with E-state index in [0.29, 0.717) is 45.4 Å². The molecule has 1 N–H and O–H groups in total. The third-order valence-corrected chi connectivity index (χ3v) is 7.42. The number of fused-ring (bicyclic) bond motifs is 1. The molecule has 0 aromatic carbocycles. The van der Waals surface area contributed by atoms with Crippen molar-refractivity contribution in [1.82, 2.24) is 9.80 Å². The second-order valence-corrected chi connectivity index (χ2v) is 9.19. The van der Waals surface area contributed by atoms with Crippen LogP contribution in [0.3, 0.4) is 0 Å². The molecule has 0 bridgehead atoms. The van der Waals surface area contributed by atoms with Gasteiger partial charge in [-0.2, -0.15) is 0 Å². The standard InChI is InChI=1S/C20H28N2O3S/c23-18(12-17-6-3-11-26-17)21-9-7-20(25)8-10-22(14-16(20)13-21)19(24)15-4-1-2-5-15/h3,6,11,15-16,25H,1-2,4-5,7-10,12-14H2/t16-,20-/m1/s1. The highest BCUT2D eigenvalue weighted by Crippen LogP contribution is 2.37. The van der Waals surface area contributed by atoms with Gasteiger partial charge in [-0.05, 0) is 37.1 Å². The van der Waals surface area contributed by atoms with Crippen LogP contribution in [0.15, 0.2) is 17.5 Å². The molecule has 1 aromatic rings. The van der Waals surface area contributed by atoms with E-state index in [-0.39, 0.29) is 23.7 Å². The van der Waals surface area contributed by atoms with Crippen molar-refractivity contribution < 1.29 is 14.7 Å². The Morgan fingerprint density at radius 1 is 1.15 bits per heavy atom. The molecule has 2 aliphatic heterocycles. The Morgan fingerprint density at radius 2 is 1.85 bits per heavy atom. The van der Waals surface area contributed by atoms with Crippen molar-refractivity contribution in [3.8, 4) is 0 Å². The van der Waals surface area contributed by atoms with Crippen molar-refractivity contribution >= 4 is 23.2 Å². The highest BCUT2D eigenvalue weighted by atomic mass is 32.1. The monoisotopic (exact) mass is 376 g/mol. The molecule has 0 spiro atoms. The average Bonchev–Trinajstić information content (AvgIpc) is 3.34. The van der Waals surface area contributed by atoms with Crippen LogP contribution in [0, 0.1) is 11.8 Å². The zero-order valence-corrected chi connectivity index (χ0v) is 16.0. The van der Waals surface area contributed by atoms with Crippen molar-refractivity contribution in [3.63, 3.8) is 0 Å². The van der Waals surface area contributed by atoms with Gasteiger partial charge in [-0.15, -0.1) is 11.3 Å². The molecule has 3 heterocycles. The summed E-state index contributed by atoms with van der Waals surface area (Å²) < 4.78 is 0. The summed E-state index contributed by atoms with van der Waals surface area (Å²) >= 11 is 1.61. The Hall–Kier alpha value is -1.40. The van der Waals surface area contributed by atoms with Crippen LogP contribution in [0.5, 0.6) is 0 Å². The van der Waals surface area contributed by atoms with Gasteiger partial charge in [0.25, 0.3) is 0 Å². The van der Waals surface area contributed by atoms with Gasteiger partial charge < -0.3 is 14.9 Å². The first-order valence-corrected chi connectivity index (χ1v) is 10.7. The molecule has 3 aliphatic rings. The minimum Gasteiger partial charge on any atom is -0.389 e. The molecule has 1 aromatic heterocycles. The quantitative estimate of drug-likeness (QED) is 0.880. The summed E-state index contributed by atoms with van der Waals surface area (Å²) in [4.78, 5) is 30.3. The van der Waals surface area contributed by atoms with E-state index in [2.05, 4.69) is 0 Å². The second kappa shape index (κ2) is 7.31. The summed E-state index contributed by atoms with van der Waals surface area (Å²) in [6.45, 7) is 2.43. The fraction of sp³-hybridized carbons (Fsp3) is 0.700. The number of aliphatic hydroxyl groups is 1. The van der Waals surface area contributed by atoms with Crippen molar-refractivity contribution in [3.05, 3.63) is 22.4 Å². The third-order valence-electron chi connectivity index (χ3n) is 6.55. The summed E-state index contributed by atoms with van der Waals surface area (Å²) in [5, 5.41) is 13.0. The van der Waals surface area contributed by atoms with Gasteiger partial charge in [0, 0.05) is 42.9 Å². The molecule has 0 unspecified atom stereocenters. The third kappa shape index (κ3) is 3.54. The van der Waals surface area contributed by atoms with Crippen molar-refractivity contribution in [2.45, 2.75) is 50.5 Å². The van der Waals surface area contributed by atoms with E-state index in [1.165, 1.54) is 0 Å². The Balaban J connectivity index is 1.39. The summed E-state index contributed by atoms with van der Waals surface area (Å²) in [6.07, 6.45) is 6.03. The van der Waals surface area contributed by atoms with Gasteiger partial charge in [0.1, 0.15) is 0 Å². The van der Waals surface area contributed by atoms with E-state index in [0.717, 1.165) is 30.6 Å². The fourth-order valence-electron chi connectivity index (χ4n) is 4.83. The lowest BCUT2D eigenvalue weighted by Gasteiger charge is -2.50. The second-order valence-electron chi connectivity index (χ2n) is 8.16. The van der Waals surface area contributed by atoms with Gasteiger partial charge in [-0.25, -0.2) is 0 Å².